The molecule has 3 aromatic carbocycles. The van der Waals surface area contributed by atoms with Crippen molar-refractivity contribution in [3.8, 4) is 5.75 Å². The zero-order valence-electron chi connectivity index (χ0n) is 16.3. The summed E-state index contributed by atoms with van der Waals surface area (Å²) < 4.78 is 10.6. The SMILES string of the molecule is Cc1ccc(C2=N/C(=C\c3ccc(OC(=O)c4ccc(Cl)cc4)cc3)C(=O)O2)cc1Cl. The highest BCUT2D eigenvalue weighted by Crippen LogP contribution is 2.24. The van der Waals surface area contributed by atoms with Crippen LogP contribution in [0.5, 0.6) is 5.75 Å². The van der Waals surface area contributed by atoms with Crippen molar-refractivity contribution in [2.45, 2.75) is 6.92 Å². The molecule has 0 aromatic heterocycles. The average Bonchev–Trinajstić information content (AvgIpc) is 3.12. The van der Waals surface area contributed by atoms with E-state index in [1.54, 1.807) is 66.7 Å². The smallest absolute Gasteiger partial charge is 0.363 e. The lowest BCUT2D eigenvalue weighted by Crippen LogP contribution is -2.08. The monoisotopic (exact) mass is 451 g/mol. The van der Waals surface area contributed by atoms with Gasteiger partial charge in [-0.15, -0.1) is 0 Å². The predicted octanol–water partition coefficient (Wildman–Crippen LogP) is 5.87. The number of aryl methyl sites for hydroxylation is 1. The number of cyclic esters (lactones) is 1. The second-order valence-electron chi connectivity index (χ2n) is 6.77. The topological polar surface area (TPSA) is 65.0 Å². The Bertz CT molecular complexity index is 1230. The van der Waals surface area contributed by atoms with Crippen molar-refractivity contribution in [1.82, 2.24) is 0 Å². The molecule has 31 heavy (non-hydrogen) atoms. The van der Waals surface area contributed by atoms with Crippen LogP contribution >= 0.6 is 23.2 Å². The van der Waals surface area contributed by atoms with Crippen LogP contribution in [0, 0.1) is 6.92 Å². The van der Waals surface area contributed by atoms with E-state index in [9.17, 15) is 9.59 Å². The second-order valence-corrected chi connectivity index (χ2v) is 7.61. The van der Waals surface area contributed by atoms with Gasteiger partial charge in [-0.2, -0.15) is 0 Å². The van der Waals surface area contributed by atoms with Crippen LogP contribution in [0.1, 0.15) is 27.0 Å². The first-order chi connectivity index (χ1) is 14.9. The summed E-state index contributed by atoms with van der Waals surface area (Å²) in [6.07, 6.45) is 1.59. The number of halogens is 2. The van der Waals surface area contributed by atoms with Crippen molar-refractivity contribution in [2.24, 2.45) is 4.99 Å². The van der Waals surface area contributed by atoms with E-state index in [0.29, 0.717) is 32.5 Å². The van der Waals surface area contributed by atoms with Crippen LogP contribution in [0.15, 0.2) is 77.4 Å². The van der Waals surface area contributed by atoms with Crippen molar-refractivity contribution < 1.29 is 19.1 Å². The molecule has 1 heterocycles. The fraction of sp³-hybridized carbons (Fsp3) is 0.0417. The molecule has 0 amide bonds. The Balaban J connectivity index is 1.49. The maximum atomic E-state index is 12.2. The third-order valence-corrected chi connectivity index (χ3v) is 5.17. The molecule has 4 rings (SSSR count). The first-order valence-electron chi connectivity index (χ1n) is 9.26. The molecular weight excluding hydrogens is 437 g/mol. The van der Waals surface area contributed by atoms with Gasteiger partial charge in [0, 0.05) is 15.6 Å². The van der Waals surface area contributed by atoms with Crippen LogP contribution in [0.3, 0.4) is 0 Å². The Kier molecular flexibility index (Phi) is 5.89. The van der Waals surface area contributed by atoms with Crippen molar-refractivity contribution in [3.05, 3.63) is 105 Å². The van der Waals surface area contributed by atoms with E-state index in [2.05, 4.69) is 4.99 Å². The summed E-state index contributed by atoms with van der Waals surface area (Å²) in [4.78, 5) is 28.6. The Morgan fingerprint density at radius 3 is 2.39 bits per heavy atom. The molecule has 5 nitrogen and oxygen atoms in total. The summed E-state index contributed by atoms with van der Waals surface area (Å²) in [6.45, 7) is 1.89. The largest absolute Gasteiger partial charge is 0.423 e. The lowest BCUT2D eigenvalue weighted by atomic mass is 10.1. The standard InChI is InChI=1S/C24H15Cl2NO4/c1-14-2-5-17(13-20(14)26)22-27-21(24(29)31-22)12-15-3-10-19(11-4-15)30-23(28)16-6-8-18(25)9-7-16/h2-13H,1H3/b21-12-. The van der Waals surface area contributed by atoms with Gasteiger partial charge in [0.25, 0.3) is 0 Å². The molecular formula is C24H15Cl2NO4. The normalized spacial score (nSPS) is 14.4. The molecule has 3 aromatic rings. The number of rotatable bonds is 4. The van der Waals surface area contributed by atoms with Crippen LogP contribution in [-0.4, -0.2) is 17.8 Å². The Labute approximate surface area is 188 Å². The van der Waals surface area contributed by atoms with Gasteiger partial charge in [0.05, 0.1) is 5.56 Å². The minimum absolute atomic E-state index is 0.164. The summed E-state index contributed by atoms with van der Waals surface area (Å²) in [6, 6.07) is 18.4. The number of ether oxygens (including phenoxy) is 2. The molecule has 0 saturated carbocycles. The summed E-state index contributed by atoms with van der Waals surface area (Å²) in [7, 11) is 0. The highest BCUT2D eigenvalue weighted by molar-refractivity contribution is 6.32. The van der Waals surface area contributed by atoms with Crippen molar-refractivity contribution in [1.29, 1.82) is 0 Å². The van der Waals surface area contributed by atoms with Gasteiger partial charge in [-0.25, -0.2) is 14.6 Å². The van der Waals surface area contributed by atoms with E-state index in [1.165, 1.54) is 0 Å². The third kappa shape index (κ3) is 4.85. The average molecular weight is 452 g/mol. The van der Waals surface area contributed by atoms with Gasteiger partial charge < -0.3 is 9.47 Å². The lowest BCUT2D eigenvalue weighted by molar-refractivity contribution is -0.129. The Morgan fingerprint density at radius 2 is 1.71 bits per heavy atom. The van der Waals surface area contributed by atoms with Gasteiger partial charge in [-0.1, -0.05) is 41.4 Å². The summed E-state index contributed by atoms with van der Waals surface area (Å²) in [5, 5.41) is 1.10. The molecule has 0 N–H and O–H groups in total. The Hall–Kier alpha value is -3.41. The van der Waals surface area contributed by atoms with Gasteiger partial charge >= 0.3 is 11.9 Å². The van der Waals surface area contributed by atoms with Crippen LogP contribution < -0.4 is 4.74 Å². The first-order valence-corrected chi connectivity index (χ1v) is 10.0. The van der Waals surface area contributed by atoms with E-state index in [0.717, 1.165) is 5.56 Å². The fourth-order valence-corrected chi connectivity index (χ4v) is 3.11. The van der Waals surface area contributed by atoms with E-state index in [1.807, 2.05) is 13.0 Å². The predicted molar refractivity (Wildman–Crippen MR) is 120 cm³/mol. The molecule has 1 aliphatic rings. The number of carbonyl (C=O) groups excluding carboxylic acids is 2. The van der Waals surface area contributed by atoms with Crippen LogP contribution in [0.4, 0.5) is 0 Å². The lowest BCUT2D eigenvalue weighted by Gasteiger charge is -2.05. The van der Waals surface area contributed by atoms with Gasteiger partial charge in [0.2, 0.25) is 5.90 Å². The van der Waals surface area contributed by atoms with Gasteiger partial charge in [-0.3, -0.25) is 0 Å². The van der Waals surface area contributed by atoms with Crippen molar-refractivity contribution >= 4 is 47.1 Å². The number of esters is 2. The molecule has 0 fully saturated rings. The second kappa shape index (κ2) is 8.76. The summed E-state index contributed by atoms with van der Waals surface area (Å²) in [5.74, 6) is -0.473. The van der Waals surface area contributed by atoms with Crippen molar-refractivity contribution in [3.63, 3.8) is 0 Å². The van der Waals surface area contributed by atoms with Gasteiger partial charge in [-0.05, 0) is 72.7 Å². The zero-order valence-corrected chi connectivity index (χ0v) is 17.8. The molecule has 0 bridgehead atoms. The molecule has 7 heteroatoms. The number of carbonyl (C=O) groups is 2. The van der Waals surface area contributed by atoms with E-state index < -0.39 is 11.9 Å². The van der Waals surface area contributed by atoms with Gasteiger partial charge in [0.15, 0.2) is 5.70 Å². The summed E-state index contributed by atoms with van der Waals surface area (Å²) in [5.41, 5.74) is 2.80. The first kappa shape index (κ1) is 20.8. The number of nitrogens with zero attached hydrogens (tertiary/aromatic N) is 1. The Morgan fingerprint density at radius 1 is 1.00 bits per heavy atom. The molecule has 0 aliphatic carbocycles. The molecule has 0 saturated heterocycles. The highest BCUT2D eigenvalue weighted by Gasteiger charge is 2.24. The minimum Gasteiger partial charge on any atom is -0.423 e. The van der Waals surface area contributed by atoms with Crippen LogP contribution in [0.2, 0.25) is 10.0 Å². The highest BCUT2D eigenvalue weighted by atomic mass is 35.5. The number of aliphatic imine (C=N–C) groups is 1. The maximum absolute atomic E-state index is 12.2. The fourth-order valence-electron chi connectivity index (χ4n) is 2.80. The van der Waals surface area contributed by atoms with Crippen LogP contribution in [-0.2, 0) is 9.53 Å². The number of benzene rings is 3. The number of hydrogen-bond acceptors (Lipinski definition) is 5. The molecule has 0 atom stereocenters. The molecule has 0 radical (unpaired) electrons. The summed E-state index contributed by atoms with van der Waals surface area (Å²) >= 11 is 12.0. The molecule has 154 valence electrons. The molecule has 1 aliphatic heterocycles. The molecule has 0 unspecified atom stereocenters. The van der Waals surface area contributed by atoms with E-state index in [4.69, 9.17) is 32.7 Å². The minimum atomic E-state index is -0.551. The quantitative estimate of drug-likeness (QED) is 0.282. The van der Waals surface area contributed by atoms with E-state index in [-0.39, 0.29) is 11.6 Å². The van der Waals surface area contributed by atoms with E-state index >= 15 is 0 Å². The molecule has 0 spiro atoms. The van der Waals surface area contributed by atoms with Crippen molar-refractivity contribution in [2.75, 3.05) is 0 Å². The van der Waals surface area contributed by atoms with Gasteiger partial charge in [0.1, 0.15) is 5.75 Å². The zero-order chi connectivity index (χ0) is 22.0. The third-order valence-electron chi connectivity index (χ3n) is 4.51. The maximum Gasteiger partial charge on any atom is 0.363 e. The van der Waals surface area contributed by atoms with Crippen LogP contribution in [0.25, 0.3) is 6.08 Å². The number of hydrogen-bond donors (Lipinski definition) is 0.